The molecule has 4 nitrogen and oxygen atoms in total. The highest BCUT2D eigenvalue weighted by Gasteiger charge is 2.24. The molecule has 1 N–H and O–H groups in total. The average molecular weight is 387 g/mol. The predicted molar refractivity (Wildman–Crippen MR) is 93.8 cm³/mol. The molecular formula is C17H19F2NO3S2. The van der Waals surface area contributed by atoms with Gasteiger partial charge in [0.2, 0.25) is 0 Å². The van der Waals surface area contributed by atoms with Crippen LogP contribution in [-0.2, 0) is 22.3 Å². The van der Waals surface area contributed by atoms with Gasteiger partial charge in [0.15, 0.2) is 9.84 Å². The molecule has 25 heavy (non-hydrogen) atoms. The zero-order valence-corrected chi connectivity index (χ0v) is 15.7. The second-order valence-electron chi connectivity index (χ2n) is 5.98. The van der Waals surface area contributed by atoms with Gasteiger partial charge in [0.25, 0.3) is 11.8 Å². The molecule has 136 valence electrons. The maximum Gasteiger partial charge on any atom is 0.270 e. The van der Waals surface area contributed by atoms with Crippen LogP contribution in [0.25, 0.3) is 0 Å². The first-order valence-electron chi connectivity index (χ1n) is 7.61. The third-order valence-electron chi connectivity index (χ3n) is 3.62. The summed E-state index contributed by atoms with van der Waals surface area (Å²) in [5, 5.41) is 2.10. The molecule has 1 aromatic carbocycles. The number of thiophene rings is 1. The van der Waals surface area contributed by atoms with Crippen LogP contribution in [0.15, 0.2) is 40.6 Å². The number of benzene rings is 1. The van der Waals surface area contributed by atoms with E-state index >= 15 is 0 Å². The number of carbonyl (C=O) groups excluding carboxylic acids is 1. The van der Waals surface area contributed by atoms with Gasteiger partial charge in [0, 0.05) is 19.0 Å². The van der Waals surface area contributed by atoms with Crippen LogP contribution in [0.3, 0.4) is 0 Å². The van der Waals surface area contributed by atoms with Crippen molar-refractivity contribution in [1.29, 1.82) is 0 Å². The van der Waals surface area contributed by atoms with E-state index in [9.17, 15) is 22.0 Å². The van der Waals surface area contributed by atoms with E-state index in [-0.39, 0.29) is 21.2 Å². The monoisotopic (exact) mass is 387 g/mol. The SMILES string of the molecule is CC(C)S(=O)(=O)c1ccc(C(=O)NCc2ccc(C(C)(F)F)cc2)s1. The van der Waals surface area contributed by atoms with Crippen molar-refractivity contribution in [3.05, 3.63) is 52.4 Å². The van der Waals surface area contributed by atoms with E-state index in [0.717, 1.165) is 18.3 Å². The van der Waals surface area contributed by atoms with Crippen molar-refractivity contribution in [2.24, 2.45) is 0 Å². The van der Waals surface area contributed by atoms with Crippen molar-refractivity contribution in [2.75, 3.05) is 0 Å². The standard InChI is InChI=1S/C17H19F2NO3S2/c1-11(2)25(22,23)15-9-8-14(24-15)16(21)20-10-12-4-6-13(7-5-12)17(3,18)19/h4-9,11H,10H2,1-3H3,(H,20,21). The minimum atomic E-state index is -3.41. The van der Waals surface area contributed by atoms with E-state index in [0.29, 0.717) is 5.56 Å². The molecule has 0 aliphatic rings. The Kier molecular flexibility index (Phi) is 5.63. The third-order valence-corrected chi connectivity index (χ3v) is 7.38. The molecular weight excluding hydrogens is 368 g/mol. The Morgan fingerprint density at radius 1 is 1.16 bits per heavy atom. The molecule has 8 heteroatoms. The Morgan fingerprint density at radius 3 is 2.28 bits per heavy atom. The number of hydrogen-bond acceptors (Lipinski definition) is 4. The van der Waals surface area contributed by atoms with Gasteiger partial charge in [-0.1, -0.05) is 24.3 Å². The summed E-state index contributed by atoms with van der Waals surface area (Å²) in [5.74, 6) is -3.31. The van der Waals surface area contributed by atoms with E-state index in [1.807, 2.05) is 0 Å². The lowest BCUT2D eigenvalue weighted by atomic mass is 10.1. The number of halogens is 2. The van der Waals surface area contributed by atoms with Gasteiger partial charge in [-0.2, -0.15) is 0 Å². The first-order chi connectivity index (χ1) is 11.5. The zero-order valence-electron chi connectivity index (χ0n) is 14.0. The molecule has 1 aromatic heterocycles. The first-order valence-corrected chi connectivity index (χ1v) is 9.97. The first kappa shape index (κ1) is 19.5. The van der Waals surface area contributed by atoms with Crippen LogP contribution in [0.5, 0.6) is 0 Å². The minimum Gasteiger partial charge on any atom is -0.347 e. The largest absolute Gasteiger partial charge is 0.347 e. The van der Waals surface area contributed by atoms with E-state index in [1.54, 1.807) is 13.8 Å². The summed E-state index contributed by atoms with van der Waals surface area (Å²) in [7, 11) is -3.41. The summed E-state index contributed by atoms with van der Waals surface area (Å²) >= 11 is 0.918. The molecule has 1 heterocycles. The Hall–Kier alpha value is -1.80. The molecule has 0 aliphatic carbocycles. The van der Waals surface area contributed by atoms with Crippen molar-refractivity contribution < 1.29 is 22.0 Å². The van der Waals surface area contributed by atoms with Crippen LogP contribution in [0.1, 0.15) is 41.6 Å². The maximum atomic E-state index is 13.2. The van der Waals surface area contributed by atoms with Gasteiger partial charge >= 0.3 is 0 Å². The fourth-order valence-electron chi connectivity index (χ4n) is 2.01. The summed E-state index contributed by atoms with van der Waals surface area (Å²) in [5.41, 5.74) is 0.581. The van der Waals surface area contributed by atoms with E-state index in [1.165, 1.54) is 36.4 Å². The van der Waals surface area contributed by atoms with Crippen LogP contribution in [0.4, 0.5) is 8.78 Å². The van der Waals surface area contributed by atoms with Gasteiger partial charge in [-0.15, -0.1) is 11.3 Å². The lowest BCUT2D eigenvalue weighted by molar-refractivity contribution is 0.0174. The molecule has 0 bridgehead atoms. The number of alkyl halides is 2. The highest BCUT2D eigenvalue weighted by Crippen LogP contribution is 2.27. The number of sulfone groups is 1. The molecule has 0 aliphatic heterocycles. The van der Waals surface area contributed by atoms with Crippen molar-refractivity contribution >= 4 is 27.1 Å². The highest BCUT2D eigenvalue weighted by molar-refractivity contribution is 7.94. The zero-order chi connectivity index (χ0) is 18.8. The quantitative estimate of drug-likeness (QED) is 0.816. The predicted octanol–water partition coefficient (Wildman–Crippen LogP) is 3.97. The topological polar surface area (TPSA) is 63.2 Å². The molecule has 0 saturated heterocycles. The fraction of sp³-hybridized carbons (Fsp3) is 0.353. The summed E-state index contributed by atoms with van der Waals surface area (Å²) in [6.07, 6.45) is 0. The Morgan fingerprint density at radius 2 is 1.76 bits per heavy atom. The van der Waals surface area contributed by atoms with E-state index in [4.69, 9.17) is 0 Å². The fourth-order valence-corrected chi connectivity index (χ4v) is 4.70. The summed E-state index contributed by atoms with van der Waals surface area (Å²) in [6, 6.07) is 8.58. The summed E-state index contributed by atoms with van der Waals surface area (Å²) in [6.45, 7) is 4.15. The van der Waals surface area contributed by atoms with Gasteiger partial charge < -0.3 is 5.32 Å². The van der Waals surface area contributed by atoms with Crippen molar-refractivity contribution in [3.8, 4) is 0 Å². The average Bonchev–Trinajstić information content (AvgIpc) is 3.02. The maximum absolute atomic E-state index is 13.2. The van der Waals surface area contributed by atoms with E-state index < -0.39 is 26.9 Å². The minimum absolute atomic E-state index is 0.0932. The number of carbonyl (C=O) groups is 1. The molecule has 0 radical (unpaired) electrons. The number of nitrogens with one attached hydrogen (secondary N) is 1. The number of rotatable bonds is 6. The van der Waals surface area contributed by atoms with Gasteiger partial charge in [-0.3, -0.25) is 4.79 Å². The second-order valence-corrected chi connectivity index (χ2v) is 9.80. The van der Waals surface area contributed by atoms with Crippen LogP contribution >= 0.6 is 11.3 Å². The summed E-state index contributed by atoms with van der Waals surface area (Å²) < 4.78 is 50.6. The molecule has 0 atom stereocenters. The van der Waals surface area contributed by atoms with Gasteiger partial charge in [-0.05, 0) is 31.5 Å². The molecule has 0 saturated carbocycles. The Bertz CT molecular complexity index is 851. The lowest BCUT2D eigenvalue weighted by Gasteiger charge is -2.11. The molecule has 2 rings (SSSR count). The van der Waals surface area contributed by atoms with Crippen LogP contribution < -0.4 is 5.32 Å². The molecule has 1 amide bonds. The van der Waals surface area contributed by atoms with Gasteiger partial charge in [0.1, 0.15) is 4.21 Å². The van der Waals surface area contributed by atoms with E-state index in [2.05, 4.69) is 5.32 Å². The third kappa shape index (κ3) is 4.64. The highest BCUT2D eigenvalue weighted by atomic mass is 32.2. The number of amides is 1. The van der Waals surface area contributed by atoms with Crippen molar-refractivity contribution in [3.63, 3.8) is 0 Å². The van der Waals surface area contributed by atoms with Gasteiger partial charge in [0.05, 0.1) is 10.1 Å². The Labute approximate surface area is 149 Å². The van der Waals surface area contributed by atoms with Crippen LogP contribution in [0, 0.1) is 0 Å². The Balaban J connectivity index is 2.03. The van der Waals surface area contributed by atoms with Crippen LogP contribution in [0.2, 0.25) is 0 Å². The van der Waals surface area contributed by atoms with Crippen molar-refractivity contribution in [2.45, 2.75) is 42.7 Å². The smallest absolute Gasteiger partial charge is 0.270 e. The lowest BCUT2D eigenvalue weighted by Crippen LogP contribution is -2.21. The molecule has 0 spiro atoms. The summed E-state index contributed by atoms with van der Waals surface area (Å²) in [4.78, 5) is 12.4. The molecule has 0 fully saturated rings. The molecule has 0 unspecified atom stereocenters. The van der Waals surface area contributed by atoms with Crippen LogP contribution in [-0.4, -0.2) is 19.6 Å². The normalized spacial score (nSPS) is 12.4. The van der Waals surface area contributed by atoms with Crippen molar-refractivity contribution in [1.82, 2.24) is 5.32 Å². The van der Waals surface area contributed by atoms with Gasteiger partial charge in [-0.25, -0.2) is 17.2 Å². The second kappa shape index (κ2) is 7.21. The number of hydrogen-bond donors (Lipinski definition) is 1. The molecule has 2 aromatic rings.